The summed E-state index contributed by atoms with van der Waals surface area (Å²) in [5.41, 5.74) is 1.40. The number of thiazole rings is 1. The summed E-state index contributed by atoms with van der Waals surface area (Å²) in [5.74, 6) is 0.348. The first kappa shape index (κ1) is 17.1. The average Bonchev–Trinajstić information content (AvgIpc) is 2.96. The Morgan fingerprint density at radius 2 is 1.95 bits per heavy atom. The molecule has 1 unspecified atom stereocenters. The SMILES string of the molecule is CC(C)(C)c1ncc(CNCC(CCO)c2ccccc2)s1. The monoisotopic (exact) mass is 318 g/mol. The zero-order chi connectivity index (χ0) is 16.0. The van der Waals surface area contributed by atoms with Gasteiger partial charge in [0, 0.05) is 36.2 Å². The molecule has 1 heterocycles. The summed E-state index contributed by atoms with van der Waals surface area (Å²) in [4.78, 5) is 5.78. The van der Waals surface area contributed by atoms with Gasteiger partial charge in [-0.05, 0) is 17.9 Å². The molecule has 2 aromatic rings. The summed E-state index contributed by atoms with van der Waals surface area (Å²) in [7, 11) is 0. The zero-order valence-corrected chi connectivity index (χ0v) is 14.5. The lowest BCUT2D eigenvalue weighted by atomic mass is 9.96. The van der Waals surface area contributed by atoms with Gasteiger partial charge in [0.05, 0.1) is 5.01 Å². The van der Waals surface area contributed by atoms with Crippen molar-refractivity contribution in [1.29, 1.82) is 0 Å². The van der Waals surface area contributed by atoms with Crippen LogP contribution in [0.15, 0.2) is 36.5 Å². The maximum Gasteiger partial charge on any atom is 0.0981 e. The quantitative estimate of drug-likeness (QED) is 0.818. The van der Waals surface area contributed by atoms with Crippen molar-refractivity contribution in [1.82, 2.24) is 10.3 Å². The van der Waals surface area contributed by atoms with E-state index in [9.17, 15) is 5.11 Å². The average molecular weight is 318 g/mol. The lowest BCUT2D eigenvalue weighted by Gasteiger charge is -2.17. The number of hydrogen-bond donors (Lipinski definition) is 2. The van der Waals surface area contributed by atoms with Gasteiger partial charge in [-0.15, -0.1) is 11.3 Å². The Labute approximate surface area is 137 Å². The highest BCUT2D eigenvalue weighted by atomic mass is 32.1. The normalized spacial score (nSPS) is 13.3. The zero-order valence-electron chi connectivity index (χ0n) is 13.7. The number of aromatic nitrogens is 1. The van der Waals surface area contributed by atoms with Gasteiger partial charge in [-0.25, -0.2) is 4.98 Å². The molecule has 4 heteroatoms. The number of nitrogens with one attached hydrogen (secondary N) is 1. The highest BCUT2D eigenvalue weighted by Crippen LogP contribution is 2.26. The molecule has 0 saturated heterocycles. The van der Waals surface area contributed by atoms with E-state index in [2.05, 4.69) is 55.3 Å². The Kier molecular flexibility index (Phi) is 6.12. The van der Waals surface area contributed by atoms with Crippen LogP contribution in [0.5, 0.6) is 0 Å². The van der Waals surface area contributed by atoms with Gasteiger partial charge in [-0.2, -0.15) is 0 Å². The van der Waals surface area contributed by atoms with Gasteiger partial charge in [-0.1, -0.05) is 51.1 Å². The molecule has 3 nitrogen and oxygen atoms in total. The fourth-order valence-corrected chi connectivity index (χ4v) is 3.31. The number of nitrogens with zero attached hydrogens (tertiary/aromatic N) is 1. The predicted octanol–water partition coefficient (Wildman–Crippen LogP) is 3.70. The standard InChI is InChI=1S/C18H26N2OS/c1-18(2,3)17-20-13-16(22-17)12-19-11-15(9-10-21)14-7-5-4-6-8-14/h4-8,13,15,19,21H,9-12H2,1-3H3. The van der Waals surface area contributed by atoms with Crippen LogP contribution in [0, 0.1) is 0 Å². The molecule has 0 aliphatic carbocycles. The Balaban J connectivity index is 1.89. The maximum absolute atomic E-state index is 9.27. The van der Waals surface area contributed by atoms with E-state index in [0.717, 1.165) is 19.5 Å². The molecule has 0 aliphatic heterocycles. The number of aliphatic hydroxyl groups is 1. The lowest BCUT2D eigenvalue weighted by Crippen LogP contribution is -2.21. The molecule has 0 amide bonds. The molecule has 0 radical (unpaired) electrons. The van der Waals surface area contributed by atoms with E-state index in [0.29, 0.717) is 5.92 Å². The van der Waals surface area contributed by atoms with Gasteiger partial charge in [0.1, 0.15) is 0 Å². The summed E-state index contributed by atoms with van der Waals surface area (Å²) in [6.07, 6.45) is 2.76. The Hall–Kier alpha value is -1.23. The summed E-state index contributed by atoms with van der Waals surface area (Å²) < 4.78 is 0. The summed E-state index contributed by atoms with van der Waals surface area (Å²) in [6.45, 7) is 8.49. The first-order valence-electron chi connectivity index (χ1n) is 7.82. The van der Waals surface area contributed by atoms with Crippen LogP contribution in [0.2, 0.25) is 0 Å². The molecule has 2 rings (SSSR count). The molecule has 1 aromatic heterocycles. The topological polar surface area (TPSA) is 45.2 Å². The van der Waals surface area contributed by atoms with Gasteiger partial charge in [0.25, 0.3) is 0 Å². The minimum Gasteiger partial charge on any atom is -0.396 e. The fourth-order valence-electron chi connectivity index (χ4n) is 2.37. The predicted molar refractivity (Wildman–Crippen MR) is 93.4 cm³/mol. The van der Waals surface area contributed by atoms with Crippen LogP contribution >= 0.6 is 11.3 Å². The Morgan fingerprint density at radius 3 is 2.55 bits per heavy atom. The Morgan fingerprint density at radius 1 is 1.23 bits per heavy atom. The fraction of sp³-hybridized carbons (Fsp3) is 0.500. The molecule has 0 fully saturated rings. The first-order valence-corrected chi connectivity index (χ1v) is 8.64. The van der Waals surface area contributed by atoms with Crippen molar-refractivity contribution in [2.75, 3.05) is 13.2 Å². The first-order chi connectivity index (χ1) is 10.5. The van der Waals surface area contributed by atoms with Gasteiger partial charge in [-0.3, -0.25) is 0 Å². The van der Waals surface area contributed by atoms with Crippen LogP contribution in [0.25, 0.3) is 0 Å². The van der Waals surface area contributed by atoms with Crippen LogP contribution in [0.1, 0.15) is 48.6 Å². The molecule has 22 heavy (non-hydrogen) atoms. The molecule has 1 aromatic carbocycles. The highest BCUT2D eigenvalue weighted by Gasteiger charge is 2.18. The van der Waals surface area contributed by atoms with Crippen molar-refractivity contribution in [2.45, 2.75) is 45.1 Å². The molecule has 120 valence electrons. The van der Waals surface area contributed by atoms with Gasteiger partial charge in [0.15, 0.2) is 0 Å². The number of aliphatic hydroxyl groups excluding tert-OH is 1. The van der Waals surface area contributed by atoms with Gasteiger partial charge < -0.3 is 10.4 Å². The minimum atomic E-state index is 0.117. The molecule has 0 aliphatic rings. The van der Waals surface area contributed by atoms with Crippen molar-refractivity contribution in [3.05, 3.63) is 52.0 Å². The molecule has 2 N–H and O–H groups in total. The van der Waals surface area contributed by atoms with Crippen LogP contribution in [-0.2, 0) is 12.0 Å². The largest absolute Gasteiger partial charge is 0.396 e. The van der Waals surface area contributed by atoms with Crippen LogP contribution < -0.4 is 5.32 Å². The highest BCUT2D eigenvalue weighted by molar-refractivity contribution is 7.11. The van der Waals surface area contributed by atoms with E-state index in [1.807, 2.05) is 12.3 Å². The second-order valence-electron chi connectivity index (χ2n) is 6.63. The van der Waals surface area contributed by atoms with Crippen molar-refractivity contribution >= 4 is 11.3 Å². The number of hydrogen-bond acceptors (Lipinski definition) is 4. The van der Waals surface area contributed by atoms with Crippen molar-refractivity contribution < 1.29 is 5.11 Å². The maximum atomic E-state index is 9.27. The minimum absolute atomic E-state index is 0.117. The smallest absolute Gasteiger partial charge is 0.0981 e. The lowest BCUT2D eigenvalue weighted by molar-refractivity contribution is 0.273. The number of rotatable bonds is 7. The van der Waals surface area contributed by atoms with Crippen LogP contribution in [0.4, 0.5) is 0 Å². The Bertz CT molecular complexity index is 560. The van der Waals surface area contributed by atoms with E-state index in [1.54, 1.807) is 11.3 Å². The van der Waals surface area contributed by atoms with E-state index in [-0.39, 0.29) is 12.0 Å². The molecule has 0 saturated carbocycles. The third-order valence-electron chi connectivity index (χ3n) is 3.63. The summed E-state index contributed by atoms with van der Waals surface area (Å²) >= 11 is 1.78. The second-order valence-corrected chi connectivity index (χ2v) is 7.75. The molecular formula is C18H26N2OS. The van der Waals surface area contributed by atoms with E-state index in [1.165, 1.54) is 15.4 Å². The van der Waals surface area contributed by atoms with E-state index in [4.69, 9.17) is 0 Å². The second kappa shape index (κ2) is 7.86. The van der Waals surface area contributed by atoms with Crippen LogP contribution in [0.3, 0.4) is 0 Å². The molecular weight excluding hydrogens is 292 g/mol. The molecule has 1 atom stereocenters. The van der Waals surface area contributed by atoms with Crippen molar-refractivity contribution in [3.63, 3.8) is 0 Å². The number of benzene rings is 1. The van der Waals surface area contributed by atoms with Gasteiger partial charge >= 0.3 is 0 Å². The molecule has 0 bridgehead atoms. The van der Waals surface area contributed by atoms with Crippen LogP contribution in [-0.4, -0.2) is 23.2 Å². The van der Waals surface area contributed by atoms with Crippen molar-refractivity contribution in [3.8, 4) is 0 Å². The van der Waals surface area contributed by atoms with E-state index < -0.39 is 0 Å². The summed E-state index contributed by atoms with van der Waals surface area (Å²) in [6, 6.07) is 10.4. The third-order valence-corrected chi connectivity index (χ3v) is 5.06. The van der Waals surface area contributed by atoms with Crippen molar-refractivity contribution in [2.24, 2.45) is 0 Å². The summed E-state index contributed by atoms with van der Waals surface area (Å²) in [5, 5.41) is 14.0. The van der Waals surface area contributed by atoms with Gasteiger partial charge in [0.2, 0.25) is 0 Å². The molecule has 0 spiro atoms. The third kappa shape index (κ3) is 4.90. The van der Waals surface area contributed by atoms with E-state index >= 15 is 0 Å².